The zero-order valence-corrected chi connectivity index (χ0v) is 12.4. The molecule has 2 aliphatic rings. The lowest BCUT2D eigenvalue weighted by Crippen LogP contribution is -2.38. The molecule has 1 atom stereocenters. The molecule has 4 heterocycles. The van der Waals surface area contributed by atoms with Crippen molar-refractivity contribution in [1.29, 1.82) is 0 Å². The largest absolute Gasteiger partial charge is 0.347 e. The molecule has 0 saturated carbocycles. The molecular weight excluding hydrogens is 284 g/mol. The molecule has 1 amide bonds. The predicted octanol–water partition coefficient (Wildman–Crippen LogP) is 2.66. The number of pyridine rings is 1. The Kier molecular flexibility index (Phi) is 3.18. The van der Waals surface area contributed by atoms with Crippen molar-refractivity contribution in [2.75, 3.05) is 12.3 Å². The van der Waals surface area contributed by atoms with Crippen LogP contribution >= 0.6 is 11.8 Å². The number of nitrogens with zero attached hydrogens (tertiary/aromatic N) is 3. The number of amides is 1. The number of carbonyl (C=O) groups excluding carboxylic acids is 1. The molecule has 0 aliphatic carbocycles. The number of amidine groups is 1. The first-order chi connectivity index (χ1) is 10.3. The van der Waals surface area contributed by atoms with Gasteiger partial charge in [0.25, 0.3) is 5.91 Å². The van der Waals surface area contributed by atoms with Gasteiger partial charge >= 0.3 is 0 Å². The molecular formula is C15H16N4OS. The quantitative estimate of drug-likeness (QED) is 0.879. The van der Waals surface area contributed by atoms with E-state index in [1.54, 1.807) is 24.2 Å². The molecule has 1 N–H and O–H groups in total. The van der Waals surface area contributed by atoms with E-state index in [9.17, 15) is 4.79 Å². The van der Waals surface area contributed by atoms with Crippen molar-refractivity contribution in [3.8, 4) is 0 Å². The second-order valence-corrected chi connectivity index (χ2v) is 6.44. The van der Waals surface area contributed by atoms with Crippen LogP contribution in [0.15, 0.2) is 29.5 Å². The minimum atomic E-state index is -0.178. The van der Waals surface area contributed by atoms with Crippen LogP contribution in [0.4, 0.5) is 0 Å². The van der Waals surface area contributed by atoms with Gasteiger partial charge in [0.05, 0.1) is 5.56 Å². The van der Waals surface area contributed by atoms with E-state index in [2.05, 4.69) is 19.9 Å². The van der Waals surface area contributed by atoms with Gasteiger partial charge in [-0.1, -0.05) is 11.8 Å². The predicted molar refractivity (Wildman–Crippen MR) is 84.7 cm³/mol. The van der Waals surface area contributed by atoms with Gasteiger partial charge in [-0.25, -0.2) is 4.98 Å². The molecule has 6 heteroatoms. The van der Waals surface area contributed by atoms with Crippen LogP contribution in [0, 0.1) is 0 Å². The van der Waals surface area contributed by atoms with Gasteiger partial charge < -0.3 is 9.88 Å². The lowest BCUT2D eigenvalue weighted by Gasteiger charge is -2.30. The first-order valence-electron chi connectivity index (χ1n) is 7.27. The van der Waals surface area contributed by atoms with Gasteiger partial charge in [0, 0.05) is 36.1 Å². The summed E-state index contributed by atoms with van der Waals surface area (Å²) in [6.07, 6.45) is 7.12. The molecule has 108 valence electrons. The minimum Gasteiger partial charge on any atom is -0.347 e. The van der Waals surface area contributed by atoms with Gasteiger partial charge in [0.1, 0.15) is 5.65 Å². The zero-order valence-electron chi connectivity index (χ0n) is 11.6. The van der Waals surface area contributed by atoms with Gasteiger partial charge in [-0.05, 0) is 31.4 Å². The third-order valence-corrected chi connectivity index (χ3v) is 5.29. The average Bonchev–Trinajstić information content (AvgIpc) is 3.12. The van der Waals surface area contributed by atoms with Crippen LogP contribution in [0.1, 0.15) is 29.6 Å². The third-order valence-electron chi connectivity index (χ3n) is 4.16. The molecule has 0 bridgehead atoms. The summed E-state index contributed by atoms with van der Waals surface area (Å²) in [6, 6.07) is 4.31. The van der Waals surface area contributed by atoms with E-state index in [0.717, 1.165) is 28.5 Å². The van der Waals surface area contributed by atoms with Gasteiger partial charge in [0.15, 0.2) is 5.17 Å². The van der Waals surface area contributed by atoms with Gasteiger partial charge in [-0.2, -0.15) is 4.99 Å². The number of H-pyrrole nitrogens is 1. The lowest BCUT2D eigenvalue weighted by molar-refractivity contribution is 0.100. The van der Waals surface area contributed by atoms with Crippen LogP contribution in [0.5, 0.6) is 0 Å². The number of aromatic nitrogens is 2. The fraction of sp³-hybridized carbons (Fsp3) is 0.400. The number of hydrogen-bond donors (Lipinski definition) is 1. The minimum absolute atomic E-state index is 0.178. The summed E-state index contributed by atoms with van der Waals surface area (Å²) in [5, 5.41) is 1.73. The smallest absolute Gasteiger partial charge is 0.281 e. The molecule has 2 aromatic heterocycles. The normalized spacial score (nSPS) is 23.7. The molecule has 0 aromatic carbocycles. The Bertz CT molecular complexity index is 723. The first-order valence-corrected chi connectivity index (χ1v) is 8.26. The average molecular weight is 300 g/mol. The standard InChI is InChI=1S/C15H16N4OS/c20-14(12-8-17-13-11(12)5-3-6-16-13)18-15-19-7-2-1-4-10(19)9-21-15/h3,5-6,8,10H,1-2,4,7,9H2,(H,16,17). The van der Waals surface area contributed by atoms with Crippen LogP contribution in [-0.2, 0) is 0 Å². The number of fused-ring (bicyclic) bond motifs is 2. The van der Waals surface area contributed by atoms with E-state index < -0.39 is 0 Å². The van der Waals surface area contributed by atoms with Gasteiger partial charge in [-0.3, -0.25) is 4.79 Å². The number of aromatic amines is 1. The Hall–Kier alpha value is -1.82. The van der Waals surface area contributed by atoms with Crippen molar-refractivity contribution in [2.45, 2.75) is 25.3 Å². The maximum absolute atomic E-state index is 12.5. The van der Waals surface area contributed by atoms with Gasteiger partial charge in [0.2, 0.25) is 0 Å². The summed E-state index contributed by atoms with van der Waals surface area (Å²) in [6.45, 7) is 1.03. The van der Waals surface area contributed by atoms with Crippen LogP contribution < -0.4 is 0 Å². The van der Waals surface area contributed by atoms with E-state index in [1.807, 2.05) is 12.1 Å². The number of carbonyl (C=O) groups is 1. The maximum atomic E-state index is 12.5. The summed E-state index contributed by atoms with van der Waals surface area (Å²) >= 11 is 1.71. The fourth-order valence-electron chi connectivity index (χ4n) is 3.06. The van der Waals surface area contributed by atoms with Gasteiger partial charge in [-0.15, -0.1) is 0 Å². The first kappa shape index (κ1) is 12.9. The van der Waals surface area contributed by atoms with Crippen molar-refractivity contribution in [3.63, 3.8) is 0 Å². The lowest BCUT2D eigenvalue weighted by atomic mass is 10.1. The molecule has 4 rings (SSSR count). The second kappa shape index (κ2) is 5.18. The topological polar surface area (TPSA) is 61.4 Å². The van der Waals surface area contributed by atoms with Crippen molar-refractivity contribution < 1.29 is 4.79 Å². The Morgan fingerprint density at radius 3 is 3.38 bits per heavy atom. The Balaban J connectivity index is 1.64. The monoisotopic (exact) mass is 300 g/mol. The maximum Gasteiger partial charge on any atom is 0.281 e. The van der Waals surface area contributed by atoms with Crippen LogP contribution in [0.3, 0.4) is 0 Å². The summed E-state index contributed by atoms with van der Waals surface area (Å²) in [5.74, 6) is 0.879. The summed E-state index contributed by atoms with van der Waals surface area (Å²) in [5.41, 5.74) is 1.34. The van der Waals surface area contributed by atoms with E-state index in [1.165, 1.54) is 19.3 Å². The highest BCUT2D eigenvalue weighted by atomic mass is 32.2. The number of nitrogens with one attached hydrogen (secondary N) is 1. The molecule has 2 saturated heterocycles. The Morgan fingerprint density at radius 2 is 2.43 bits per heavy atom. The van der Waals surface area contributed by atoms with Crippen molar-refractivity contribution in [2.24, 2.45) is 4.99 Å². The highest BCUT2D eigenvalue weighted by Gasteiger charge is 2.32. The number of aliphatic imine (C=N–C) groups is 1. The molecule has 21 heavy (non-hydrogen) atoms. The van der Waals surface area contributed by atoms with E-state index in [-0.39, 0.29) is 5.91 Å². The summed E-state index contributed by atoms with van der Waals surface area (Å²) in [4.78, 5) is 26.4. The highest BCUT2D eigenvalue weighted by Crippen LogP contribution is 2.31. The van der Waals surface area contributed by atoms with Crippen molar-refractivity contribution in [1.82, 2.24) is 14.9 Å². The summed E-state index contributed by atoms with van der Waals surface area (Å²) in [7, 11) is 0. The van der Waals surface area contributed by atoms with Crippen LogP contribution in [0.25, 0.3) is 11.0 Å². The number of piperidine rings is 1. The van der Waals surface area contributed by atoms with E-state index >= 15 is 0 Å². The number of rotatable bonds is 1. The molecule has 0 spiro atoms. The van der Waals surface area contributed by atoms with Crippen molar-refractivity contribution >= 4 is 33.9 Å². The number of hydrogen-bond acceptors (Lipinski definition) is 3. The molecule has 2 fully saturated rings. The second-order valence-electron chi connectivity index (χ2n) is 5.46. The highest BCUT2D eigenvalue weighted by molar-refractivity contribution is 8.14. The van der Waals surface area contributed by atoms with Crippen LogP contribution in [0.2, 0.25) is 0 Å². The zero-order chi connectivity index (χ0) is 14.2. The van der Waals surface area contributed by atoms with E-state index in [0.29, 0.717) is 11.6 Å². The SMILES string of the molecule is O=C(N=C1SCC2CCCCN12)c1c[nH]c2ncccc12. The number of thioether (sulfide) groups is 1. The molecule has 2 aliphatic heterocycles. The molecule has 2 aromatic rings. The third kappa shape index (κ3) is 2.23. The summed E-state index contributed by atoms with van der Waals surface area (Å²) < 4.78 is 0. The Labute approximate surface area is 126 Å². The van der Waals surface area contributed by atoms with Crippen molar-refractivity contribution in [3.05, 3.63) is 30.1 Å². The fourth-order valence-corrected chi connectivity index (χ4v) is 4.30. The molecule has 5 nitrogen and oxygen atoms in total. The van der Waals surface area contributed by atoms with E-state index in [4.69, 9.17) is 0 Å². The molecule has 0 radical (unpaired) electrons. The van der Waals surface area contributed by atoms with Crippen LogP contribution in [-0.4, -0.2) is 44.3 Å². The Morgan fingerprint density at radius 1 is 1.48 bits per heavy atom. The molecule has 1 unspecified atom stereocenters.